The Bertz CT molecular complexity index is 789. The zero-order chi connectivity index (χ0) is 18.6. The average Bonchev–Trinajstić information content (AvgIpc) is 3.22. The summed E-state index contributed by atoms with van der Waals surface area (Å²) in [6.45, 7) is 1.56. The van der Waals surface area contributed by atoms with Crippen LogP contribution in [0.1, 0.15) is 38.5 Å². The monoisotopic (exact) mass is 368 g/mol. The van der Waals surface area contributed by atoms with Crippen molar-refractivity contribution in [3.05, 3.63) is 42.3 Å². The molecule has 6 heteroatoms. The van der Waals surface area contributed by atoms with Crippen molar-refractivity contribution in [3.8, 4) is 11.4 Å². The van der Waals surface area contributed by atoms with E-state index in [1.807, 2.05) is 6.07 Å². The number of carbonyl (C=O) groups is 1. The van der Waals surface area contributed by atoms with E-state index in [0.717, 1.165) is 43.6 Å². The molecule has 0 spiro atoms. The van der Waals surface area contributed by atoms with Crippen LogP contribution in [0.2, 0.25) is 0 Å². The normalized spacial score (nSPS) is 20.6. The highest BCUT2D eigenvalue weighted by molar-refractivity contribution is 5.80. The Labute approximate surface area is 159 Å². The average molecular weight is 368 g/mol. The SMILES string of the molecule is O=C(NC1CCCC1)[C@H]1CCCN(c2ccnc(-c3ccc(F)cc3)n2)C1. The van der Waals surface area contributed by atoms with Gasteiger partial charge in [0, 0.05) is 30.9 Å². The predicted molar refractivity (Wildman–Crippen MR) is 103 cm³/mol. The smallest absolute Gasteiger partial charge is 0.225 e. The van der Waals surface area contributed by atoms with Crippen LogP contribution >= 0.6 is 0 Å². The van der Waals surface area contributed by atoms with E-state index >= 15 is 0 Å². The number of nitrogens with zero attached hydrogens (tertiary/aromatic N) is 3. The number of halogens is 1. The second-order valence-corrected chi connectivity index (χ2v) is 7.52. The Balaban J connectivity index is 1.45. The van der Waals surface area contributed by atoms with Gasteiger partial charge in [0.1, 0.15) is 11.6 Å². The molecular formula is C21H25FN4O. The minimum atomic E-state index is -0.276. The van der Waals surface area contributed by atoms with Gasteiger partial charge >= 0.3 is 0 Å². The third kappa shape index (κ3) is 4.26. The molecule has 2 aliphatic rings. The molecule has 1 aromatic heterocycles. The van der Waals surface area contributed by atoms with Crippen LogP contribution in [0.3, 0.4) is 0 Å². The first-order valence-electron chi connectivity index (χ1n) is 9.83. The maximum Gasteiger partial charge on any atom is 0.225 e. The van der Waals surface area contributed by atoms with Crippen molar-refractivity contribution in [3.63, 3.8) is 0 Å². The molecule has 1 aliphatic carbocycles. The Morgan fingerprint density at radius 1 is 1.07 bits per heavy atom. The van der Waals surface area contributed by atoms with Crippen LogP contribution in [-0.2, 0) is 4.79 Å². The fraction of sp³-hybridized carbons (Fsp3) is 0.476. The molecule has 2 fully saturated rings. The number of rotatable bonds is 4. The maximum absolute atomic E-state index is 13.1. The standard InChI is InChI=1S/C21H25FN4O/c22-17-9-7-15(8-10-17)20-23-12-11-19(25-20)26-13-3-4-16(14-26)21(27)24-18-5-1-2-6-18/h7-12,16,18H,1-6,13-14H2,(H,24,27)/t16-/m0/s1. The van der Waals surface area contributed by atoms with Crippen molar-refractivity contribution in [2.24, 2.45) is 5.92 Å². The largest absolute Gasteiger partial charge is 0.356 e. The lowest BCUT2D eigenvalue weighted by atomic mass is 9.96. The lowest BCUT2D eigenvalue weighted by Gasteiger charge is -2.33. The van der Waals surface area contributed by atoms with Crippen LogP contribution < -0.4 is 10.2 Å². The van der Waals surface area contributed by atoms with Gasteiger partial charge in [-0.25, -0.2) is 14.4 Å². The van der Waals surface area contributed by atoms with Crippen molar-refractivity contribution in [2.45, 2.75) is 44.6 Å². The highest BCUT2D eigenvalue weighted by atomic mass is 19.1. The second-order valence-electron chi connectivity index (χ2n) is 7.52. The summed E-state index contributed by atoms with van der Waals surface area (Å²) in [6, 6.07) is 8.43. The highest BCUT2D eigenvalue weighted by Crippen LogP contribution is 2.25. The van der Waals surface area contributed by atoms with E-state index in [-0.39, 0.29) is 17.6 Å². The van der Waals surface area contributed by atoms with Crippen molar-refractivity contribution in [1.82, 2.24) is 15.3 Å². The number of amides is 1. The van der Waals surface area contributed by atoms with Gasteiger partial charge in [-0.3, -0.25) is 4.79 Å². The molecule has 1 aromatic carbocycles. The minimum absolute atomic E-state index is 0.00332. The van der Waals surface area contributed by atoms with Crippen molar-refractivity contribution < 1.29 is 9.18 Å². The predicted octanol–water partition coefficient (Wildman–Crippen LogP) is 3.56. The number of piperidine rings is 1. The molecule has 1 aliphatic heterocycles. The molecule has 0 unspecified atom stereocenters. The summed E-state index contributed by atoms with van der Waals surface area (Å²) in [6.07, 6.45) is 8.26. The van der Waals surface area contributed by atoms with E-state index in [1.165, 1.54) is 25.0 Å². The second kappa shape index (κ2) is 8.03. The number of anilines is 1. The molecule has 1 atom stereocenters. The van der Waals surface area contributed by atoms with Gasteiger partial charge in [0.15, 0.2) is 5.82 Å². The molecular weight excluding hydrogens is 343 g/mol. The molecule has 27 heavy (non-hydrogen) atoms. The van der Waals surface area contributed by atoms with E-state index in [0.29, 0.717) is 18.4 Å². The summed E-state index contributed by atoms with van der Waals surface area (Å²) in [4.78, 5) is 23.8. The van der Waals surface area contributed by atoms with Crippen LogP contribution in [0, 0.1) is 11.7 Å². The molecule has 5 nitrogen and oxygen atoms in total. The maximum atomic E-state index is 13.1. The number of carbonyl (C=O) groups excluding carboxylic acids is 1. The zero-order valence-corrected chi connectivity index (χ0v) is 15.4. The van der Waals surface area contributed by atoms with Gasteiger partial charge in [-0.1, -0.05) is 12.8 Å². The van der Waals surface area contributed by atoms with Crippen LogP contribution in [0.4, 0.5) is 10.2 Å². The quantitative estimate of drug-likeness (QED) is 0.897. The van der Waals surface area contributed by atoms with E-state index in [9.17, 15) is 9.18 Å². The topological polar surface area (TPSA) is 58.1 Å². The number of aromatic nitrogens is 2. The lowest BCUT2D eigenvalue weighted by Crippen LogP contribution is -2.45. The lowest BCUT2D eigenvalue weighted by molar-refractivity contribution is -0.125. The van der Waals surface area contributed by atoms with E-state index in [2.05, 4.69) is 20.2 Å². The van der Waals surface area contributed by atoms with Gasteiger partial charge in [0.05, 0.1) is 5.92 Å². The van der Waals surface area contributed by atoms with Gasteiger partial charge in [-0.05, 0) is 56.0 Å². The fourth-order valence-corrected chi connectivity index (χ4v) is 4.05. The molecule has 4 rings (SSSR count). The molecule has 1 saturated carbocycles. The first kappa shape index (κ1) is 17.9. The van der Waals surface area contributed by atoms with Gasteiger partial charge in [-0.2, -0.15) is 0 Å². The van der Waals surface area contributed by atoms with Crippen molar-refractivity contribution >= 4 is 11.7 Å². The van der Waals surface area contributed by atoms with Gasteiger partial charge in [0.25, 0.3) is 0 Å². The van der Waals surface area contributed by atoms with E-state index < -0.39 is 0 Å². The first-order valence-corrected chi connectivity index (χ1v) is 9.83. The first-order chi connectivity index (χ1) is 13.2. The summed E-state index contributed by atoms with van der Waals surface area (Å²) in [5.74, 6) is 1.30. The number of nitrogens with one attached hydrogen (secondary N) is 1. The molecule has 1 N–H and O–H groups in total. The number of hydrogen-bond donors (Lipinski definition) is 1. The van der Waals surface area contributed by atoms with Gasteiger partial charge in [-0.15, -0.1) is 0 Å². The van der Waals surface area contributed by atoms with E-state index in [4.69, 9.17) is 0 Å². The van der Waals surface area contributed by atoms with Gasteiger partial charge < -0.3 is 10.2 Å². The van der Waals surface area contributed by atoms with Crippen molar-refractivity contribution in [2.75, 3.05) is 18.0 Å². The molecule has 1 amide bonds. The van der Waals surface area contributed by atoms with Crippen LogP contribution in [0.25, 0.3) is 11.4 Å². The minimum Gasteiger partial charge on any atom is -0.356 e. The molecule has 2 heterocycles. The zero-order valence-electron chi connectivity index (χ0n) is 15.4. The summed E-state index contributed by atoms with van der Waals surface area (Å²) < 4.78 is 13.1. The summed E-state index contributed by atoms with van der Waals surface area (Å²) in [5.41, 5.74) is 0.783. The molecule has 0 radical (unpaired) electrons. The number of hydrogen-bond acceptors (Lipinski definition) is 4. The Morgan fingerprint density at radius 2 is 1.85 bits per heavy atom. The van der Waals surface area contributed by atoms with Crippen molar-refractivity contribution in [1.29, 1.82) is 0 Å². The molecule has 1 saturated heterocycles. The third-order valence-electron chi connectivity index (χ3n) is 5.56. The Hall–Kier alpha value is -2.50. The Kier molecular flexibility index (Phi) is 5.32. The van der Waals surface area contributed by atoms with Crippen LogP contribution in [0.5, 0.6) is 0 Å². The van der Waals surface area contributed by atoms with Gasteiger partial charge in [0.2, 0.25) is 5.91 Å². The number of benzene rings is 1. The summed E-state index contributed by atoms with van der Waals surface area (Å²) in [7, 11) is 0. The molecule has 0 bridgehead atoms. The highest BCUT2D eigenvalue weighted by Gasteiger charge is 2.28. The summed E-state index contributed by atoms with van der Waals surface area (Å²) >= 11 is 0. The third-order valence-corrected chi connectivity index (χ3v) is 5.56. The van der Waals surface area contributed by atoms with Crippen LogP contribution in [0.15, 0.2) is 36.5 Å². The fourth-order valence-electron chi connectivity index (χ4n) is 4.05. The molecule has 2 aromatic rings. The van der Waals surface area contributed by atoms with E-state index in [1.54, 1.807) is 18.3 Å². The Morgan fingerprint density at radius 3 is 2.63 bits per heavy atom. The molecule has 142 valence electrons. The summed E-state index contributed by atoms with van der Waals surface area (Å²) in [5, 5.41) is 3.23. The van der Waals surface area contributed by atoms with Crippen LogP contribution in [-0.4, -0.2) is 35.0 Å².